The van der Waals surface area contributed by atoms with Crippen LogP contribution in [0.2, 0.25) is 0 Å². The minimum Gasteiger partial charge on any atom is -0.362 e. The average molecular weight is 256 g/mol. The molecule has 3 aromatic heterocycles. The molecule has 3 aromatic rings. The first-order valence-electron chi connectivity index (χ1n) is 5.84. The highest BCUT2D eigenvalue weighted by atomic mass is 16.1. The Morgan fingerprint density at radius 2 is 2.26 bits per heavy atom. The van der Waals surface area contributed by atoms with Crippen molar-refractivity contribution in [2.75, 3.05) is 5.32 Å². The zero-order chi connectivity index (χ0) is 13.2. The Labute approximate surface area is 108 Å². The van der Waals surface area contributed by atoms with Crippen molar-refractivity contribution in [3.8, 4) is 0 Å². The van der Waals surface area contributed by atoms with Crippen molar-refractivity contribution in [2.45, 2.75) is 13.0 Å². The van der Waals surface area contributed by atoms with E-state index >= 15 is 0 Å². The van der Waals surface area contributed by atoms with Crippen molar-refractivity contribution in [1.29, 1.82) is 0 Å². The second-order valence-electron chi connectivity index (χ2n) is 4.15. The summed E-state index contributed by atoms with van der Waals surface area (Å²) in [6.07, 6.45) is 3.19. The summed E-state index contributed by atoms with van der Waals surface area (Å²) in [6, 6.07) is 7.47. The highest BCUT2D eigenvalue weighted by Gasteiger charge is 2.08. The van der Waals surface area contributed by atoms with E-state index in [4.69, 9.17) is 0 Å². The van der Waals surface area contributed by atoms with Crippen LogP contribution >= 0.6 is 0 Å². The van der Waals surface area contributed by atoms with E-state index in [1.165, 1.54) is 10.7 Å². The van der Waals surface area contributed by atoms with E-state index in [0.29, 0.717) is 11.5 Å². The standard InChI is InChI=1S/C12H12N6O/c1-8(9-4-2-3-5-13-9)15-10-6-11-16-17-12(19)18(11)7-14-10/h2-8,15H,1H3,(H,17,19). The molecule has 7 nitrogen and oxygen atoms in total. The number of H-pyrrole nitrogens is 1. The molecule has 1 unspecified atom stereocenters. The number of hydrogen-bond acceptors (Lipinski definition) is 5. The predicted molar refractivity (Wildman–Crippen MR) is 69.9 cm³/mol. The van der Waals surface area contributed by atoms with Crippen molar-refractivity contribution in [3.05, 3.63) is 53.0 Å². The SMILES string of the molecule is CC(Nc1cc2n[nH]c(=O)n2cn1)c1ccccn1. The summed E-state index contributed by atoms with van der Waals surface area (Å²) in [6.45, 7) is 1.99. The molecule has 7 heteroatoms. The minimum atomic E-state index is -0.299. The van der Waals surface area contributed by atoms with Gasteiger partial charge in [0.05, 0.1) is 11.7 Å². The summed E-state index contributed by atoms with van der Waals surface area (Å²) in [5.74, 6) is 0.643. The Balaban J connectivity index is 1.87. The van der Waals surface area contributed by atoms with Gasteiger partial charge < -0.3 is 5.32 Å². The van der Waals surface area contributed by atoms with Gasteiger partial charge in [0.15, 0.2) is 5.65 Å². The molecule has 19 heavy (non-hydrogen) atoms. The fraction of sp³-hybridized carbons (Fsp3) is 0.167. The lowest BCUT2D eigenvalue weighted by molar-refractivity contribution is 0.829. The molecular weight excluding hydrogens is 244 g/mol. The van der Waals surface area contributed by atoms with E-state index < -0.39 is 0 Å². The smallest absolute Gasteiger partial charge is 0.348 e. The predicted octanol–water partition coefficient (Wildman–Crippen LogP) is 0.986. The van der Waals surface area contributed by atoms with Gasteiger partial charge in [0.1, 0.15) is 12.1 Å². The lowest BCUT2D eigenvalue weighted by Gasteiger charge is -2.13. The molecule has 0 spiro atoms. The Hall–Kier alpha value is -2.70. The Morgan fingerprint density at radius 1 is 1.37 bits per heavy atom. The highest BCUT2D eigenvalue weighted by molar-refractivity contribution is 5.49. The second-order valence-corrected chi connectivity index (χ2v) is 4.15. The first-order valence-corrected chi connectivity index (χ1v) is 5.84. The normalized spacial score (nSPS) is 12.5. The van der Waals surface area contributed by atoms with Crippen molar-refractivity contribution < 1.29 is 0 Å². The first-order chi connectivity index (χ1) is 9.24. The topological polar surface area (TPSA) is 88.0 Å². The van der Waals surface area contributed by atoms with Crippen LogP contribution in [-0.4, -0.2) is 24.6 Å². The van der Waals surface area contributed by atoms with E-state index in [0.717, 1.165) is 5.69 Å². The van der Waals surface area contributed by atoms with Gasteiger partial charge in [0.2, 0.25) is 0 Å². The van der Waals surface area contributed by atoms with E-state index in [-0.39, 0.29) is 11.7 Å². The molecule has 0 fully saturated rings. The van der Waals surface area contributed by atoms with Crippen molar-refractivity contribution >= 4 is 11.5 Å². The third kappa shape index (κ3) is 2.17. The zero-order valence-corrected chi connectivity index (χ0v) is 10.2. The number of anilines is 1. The molecule has 0 aliphatic heterocycles. The van der Waals surface area contributed by atoms with Crippen molar-refractivity contribution in [2.24, 2.45) is 0 Å². The van der Waals surface area contributed by atoms with Crippen LogP contribution < -0.4 is 11.0 Å². The quantitative estimate of drug-likeness (QED) is 0.729. The number of nitrogens with zero attached hydrogens (tertiary/aromatic N) is 4. The van der Waals surface area contributed by atoms with Gasteiger partial charge in [-0.15, -0.1) is 0 Å². The second kappa shape index (κ2) is 4.52. The molecule has 1 atom stereocenters. The number of fused-ring (bicyclic) bond motifs is 1. The van der Waals surface area contributed by atoms with Crippen LogP contribution in [0.15, 0.2) is 41.6 Å². The van der Waals surface area contributed by atoms with E-state index in [1.54, 1.807) is 12.3 Å². The molecular formula is C12H12N6O. The largest absolute Gasteiger partial charge is 0.362 e. The monoisotopic (exact) mass is 256 g/mol. The van der Waals surface area contributed by atoms with Gasteiger partial charge >= 0.3 is 5.69 Å². The number of rotatable bonds is 3. The van der Waals surface area contributed by atoms with Crippen LogP contribution in [0.3, 0.4) is 0 Å². The number of aromatic nitrogens is 5. The number of aromatic amines is 1. The third-order valence-corrected chi connectivity index (χ3v) is 2.81. The Kier molecular flexibility index (Phi) is 2.71. The van der Waals surface area contributed by atoms with E-state index in [9.17, 15) is 4.79 Å². The molecule has 3 rings (SSSR count). The summed E-state index contributed by atoms with van der Waals surface area (Å²) in [5, 5.41) is 9.47. The summed E-state index contributed by atoms with van der Waals surface area (Å²) in [7, 11) is 0. The summed E-state index contributed by atoms with van der Waals surface area (Å²) >= 11 is 0. The van der Waals surface area contributed by atoms with Crippen LogP contribution in [0.5, 0.6) is 0 Å². The molecule has 0 saturated carbocycles. The van der Waals surface area contributed by atoms with Gasteiger partial charge in [-0.05, 0) is 19.1 Å². The highest BCUT2D eigenvalue weighted by Crippen LogP contribution is 2.15. The maximum absolute atomic E-state index is 11.3. The van der Waals surface area contributed by atoms with Gasteiger partial charge in [0, 0.05) is 12.3 Å². The molecule has 0 aliphatic carbocycles. The molecule has 0 aromatic carbocycles. The van der Waals surface area contributed by atoms with Crippen LogP contribution in [0.1, 0.15) is 18.7 Å². The minimum absolute atomic E-state index is 0.0156. The molecule has 3 heterocycles. The third-order valence-electron chi connectivity index (χ3n) is 2.81. The van der Waals surface area contributed by atoms with Crippen LogP contribution in [-0.2, 0) is 0 Å². The zero-order valence-electron chi connectivity index (χ0n) is 10.2. The molecule has 0 radical (unpaired) electrons. The molecule has 0 saturated heterocycles. The lowest BCUT2D eigenvalue weighted by Crippen LogP contribution is -2.12. The maximum atomic E-state index is 11.3. The van der Waals surface area contributed by atoms with Crippen LogP contribution in [0, 0.1) is 0 Å². The molecule has 0 aliphatic rings. The summed E-state index contributed by atoms with van der Waals surface area (Å²) in [4.78, 5) is 19.8. The van der Waals surface area contributed by atoms with E-state index in [1.807, 2.05) is 25.1 Å². The average Bonchev–Trinajstić information content (AvgIpc) is 2.81. The van der Waals surface area contributed by atoms with Crippen LogP contribution in [0.4, 0.5) is 5.82 Å². The number of pyridine rings is 1. The van der Waals surface area contributed by atoms with Crippen LogP contribution in [0.25, 0.3) is 5.65 Å². The number of hydrogen-bond donors (Lipinski definition) is 2. The van der Waals surface area contributed by atoms with Crippen molar-refractivity contribution in [1.82, 2.24) is 24.6 Å². The van der Waals surface area contributed by atoms with Crippen molar-refractivity contribution in [3.63, 3.8) is 0 Å². The molecule has 96 valence electrons. The summed E-state index contributed by atoms with van der Waals surface area (Å²) < 4.78 is 1.34. The van der Waals surface area contributed by atoms with E-state index in [2.05, 4.69) is 25.5 Å². The Morgan fingerprint density at radius 3 is 3.05 bits per heavy atom. The fourth-order valence-electron chi connectivity index (χ4n) is 1.82. The molecule has 0 bridgehead atoms. The molecule has 0 amide bonds. The Bertz CT molecular complexity index is 748. The maximum Gasteiger partial charge on any atom is 0.348 e. The van der Waals surface area contributed by atoms with Gasteiger partial charge in [-0.25, -0.2) is 19.3 Å². The first kappa shape index (κ1) is 11.4. The van der Waals surface area contributed by atoms with Gasteiger partial charge in [-0.2, -0.15) is 5.10 Å². The number of nitrogens with one attached hydrogen (secondary N) is 2. The fourth-order valence-corrected chi connectivity index (χ4v) is 1.82. The van der Waals surface area contributed by atoms with Gasteiger partial charge in [-0.3, -0.25) is 4.98 Å². The van der Waals surface area contributed by atoms with Gasteiger partial charge in [0.25, 0.3) is 0 Å². The summed E-state index contributed by atoms with van der Waals surface area (Å²) in [5.41, 5.74) is 1.14. The molecule has 2 N–H and O–H groups in total. The lowest BCUT2D eigenvalue weighted by atomic mass is 10.2. The van der Waals surface area contributed by atoms with Gasteiger partial charge in [-0.1, -0.05) is 6.07 Å².